The average Bonchev–Trinajstić information content (AvgIpc) is 1.99. The van der Waals surface area contributed by atoms with Crippen LogP contribution in [-0.2, 0) is 4.43 Å². The average molecular weight is 198 g/mol. The molecule has 2 atom stereocenters. The molecule has 1 nitrogen and oxygen atoms in total. The van der Waals surface area contributed by atoms with E-state index in [4.69, 9.17) is 10.8 Å². The maximum Gasteiger partial charge on any atom is 0.185 e. The lowest BCUT2D eigenvalue weighted by atomic mass is 9.90. The molecule has 0 aromatic carbocycles. The second-order valence-corrected chi connectivity index (χ2v) is 9.20. The molecule has 0 aliphatic rings. The minimum Gasteiger partial charge on any atom is -0.402 e. The molecule has 0 amide bonds. The SMILES string of the molecule is C#CC(C)(O[Si](C)(C)C)C(C)CC. The molecule has 2 heteroatoms. The van der Waals surface area contributed by atoms with E-state index in [0.717, 1.165) is 6.42 Å². The summed E-state index contributed by atoms with van der Waals surface area (Å²) in [5.74, 6) is 3.22. The lowest BCUT2D eigenvalue weighted by Gasteiger charge is -2.36. The van der Waals surface area contributed by atoms with Crippen molar-refractivity contribution < 1.29 is 4.43 Å². The van der Waals surface area contributed by atoms with Crippen molar-refractivity contribution in [1.29, 1.82) is 0 Å². The first-order chi connectivity index (χ1) is 5.75. The lowest BCUT2D eigenvalue weighted by molar-refractivity contribution is 0.0816. The van der Waals surface area contributed by atoms with Crippen LogP contribution in [0.4, 0.5) is 0 Å². The third-order valence-corrected chi connectivity index (χ3v) is 3.39. The first-order valence-corrected chi connectivity index (χ1v) is 8.34. The highest BCUT2D eigenvalue weighted by atomic mass is 28.4. The molecule has 0 aromatic rings. The molecule has 76 valence electrons. The summed E-state index contributed by atoms with van der Waals surface area (Å²) in [5.41, 5.74) is -0.376. The van der Waals surface area contributed by atoms with E-state index < -0.39 is 8.32 Å². The van der Waals surface area contributed by atoms with Crippen molar-refractivity contribution in [1.82, 2.24) is 0 Å². The van der Waals surface area contributed by atoms with E-state index in [2.05, 4.69) is 39.4 Å². The van der Waals surface area contributed by atoms with Gasteiger partial charge in [-0.25, -0.2) is 0 Å². The zero-order valence-electron chi connectivity index (χ0n) is 9.77. The minimum atomic E-state index is -1.54. The van der Waals surface area contributed by atoms with E-state index in [9.17, 15) is 0 Å². The third kappa shape index (κ3) is 3.97. The van der Waals surface area contributed by atoms with Crippen molar-refractivity contribution >= 4 is 8.32 Å². The molecule has 0 heterocycles. The van der Waals surface area contributed by atoms with Crippen LogP contribution in [-0.4, -0.2) is 13.9 Å². The van der Waals surface area contributed by atoms with Gasteiger partial charge in [-0.2, -0.15) is 0 Å². The molecule has 0 saturated carbocycles. The predicted octanol–water partition coefficient (Wildman–Crippen LogP) is 3.28. The Balaban J connectivity index is 4.58. The van der Waals surface area contributed by atoms with Crippen LogP contribution < -0.4 is 0 Å². The number of rotatable bonds is 4. The molecule has 0 rings (SSSR count). The Labute approximate surface area is 84.0 Å². The summed E-state index contributed by atoms with van der Waals surface area (Å²) in [4.78, 5) is 0. The molecule has 0 aliphatic carbocycles. The molecule has 0 N–H and O–H groups in total. The van der Waals surface area contributed by atoms with E-state index >= 15 is 0 Å². The summed E-state index contributed by atoms with van der Waals surface area (Å²) in [6, 6.07) is 0. The first-order valence-electron chi connectivity index (χ1n) is 4.93. The first kappa shape index (κ1) is 12.7. The van der Waals surface area contributed by atoms with Crippen LogP contribution in [0.5, 0.6) is 0 Å². The van der Waals surface area contributed by atoms with E-state index in [0.29, 0.717) is 5.92 Å². The van der Waals surface area contributed by atoms with Crippen molar-refractivity contribution in [2.75, 3.05) is 0 Å². The zero-order valence-corrected chi connectivity index (χ0v) is 10.8. The van der Waals surface area contributed by atoms with Crippen molar-refractivity contribution in [2.45, 2.75) is 52.4 Å². The van der Waals surface area contributed by atoms with E-state index in [1.165, 1.54) is 0 Å². The molecule has 0 spiro atoms. The Kier molecular flexibility index (Phi) is 4.21. The molecule has 0 aromatic heterocycles. The summed E-state index contributed by atoms with van der Waals surface area (Å²) in [6.07, 6.45) is 6.60. The van der Waals surface area contributed by atoms with Gasteiger partial charge in [0.1, 0.15) is 5.60 Å². The second-order valence-electron chi connectivity index (χ2n) is 4.78. The van der Waals surface area contributed by atoms with E-state index in [-0.39, 0.29) is 5.60 Å². The summed E-state index contributed by atoms with van der Waals surface area (Å²) >= 11 is 0. The van der Waals surface area contributed by atoms with Crippen LogP contribution in [0, 0.1) is 18.3 Å². The molecule has 0 aliphatic heterocycles. The van der Waals surface area contributed by atoms with Gasteiger partial charge in [-0.15, -0.1) is 6.42 Å². The topological polar surface area (TPSA) is 9.23 Å². The van der Waals surface area contributed by atoms with Gasteiger partial charge in [0.05, 0.1) is 0 Å². The number of hydrogen-bond donors (Lipinski definition) is 0. The molecular formula is C11H22OSi. The van der Waals surface area contributed by atoms with Crippen LogP contribution in [0.1, 0.15) is 27.2 Å². The van der Waals surface area contributed by atoms with Crippen LogP contribution >= 0.6 is 0 Å². The molecule has 0 saturated heterocycles. The smallest absolute Gasteiger partial charge is 0.185 e. The van der Waals surface area contributed by atoms with Gasteiger partial charge >= 0.3 is 0 Å². The van der Waals surface area contributed by atoms with Gasteiger partial charge in [-0.3, -0.25) is 0 Å². The third-order valence-electron chi connectivity index (χ3n) is 2.36. The van der Waals surface area contributed by atoms with Crippen molar-refractivity contribution in [3.8, 4) is 12.3 Å². The fourth-order valence-corrected chi connectivity index (χ4v) is 2.83. The summed E-state index contributed by atoms with van der Waals surface area (Å²) in [5, 5.41) is 0. The van der Waals surface area contributed by atoms with Gasteiger partial charge in [0, 0.05) is 0 Å². The highest BCUT2D eigenvalue weighted by molar-refractivity contribution is 6.69. The summed E-state index contributed by atoms with van der Waals surface area (Å²) in [6.45, 7) is 12.8. The zero-order chi connectivity index (χ0) is 10.7. The van der Waals surface area contributed by atoms with Crippen LogP contribution in [0.15, 0.2) is 0 Å². The molecule has 0 bridgehead atoms. The van der Waals surface area contributed by atoms with Crippen LogP contribution in [0.3, 0.4) is 0 Å². The highest BCUT2D eigenvalue weighted by Crippen LogP contribution is 2.27. The quantitative estimate of drug-likeness (QED) is 0.497. The Bertz CT molecular complexity index is 199. The van der Waals surface area contributed by atoms with Gasteiger partial charge in [0.25, 0.3) is 0 Å². The van der Waals surface area contributed by atoms with Crippen LogP contribution in [0.25, 0.3) is 0 Å². The fraction of sp³-hybridized carbons (Fsp3) is 0.818. The van der Waals surface area contributed by atoms with Crippen molar-refractivity contribution in [3.05, 3.63) is 0 Å². The summed E-state index contributed by atoms with van der Waals surface area (Å²) in [7, 11) is -1.54. The lowest BCUT2D eigenvalue weighted by Crippen LogP contribution is -2.43. The predicted molar refractivity (Wildman–Crippen MR) is 61.1 cm³/mol. The standard InChI is InChI=1S/C11H22OSi/c1-8-10(3)11(4,9-2)12-13(5,6)7/h2,10H,8H2,1,3-7H3. The monoisotopic (exact) mass is 198 g/mol. The Morgan fingerprint density at radius 3 is 2.15 bits per heavy atom. The number of hydrogen-bond acceptors (Lipinski definition) is 1. The second kappa shape index (κ2) is 4.30. The molecular weight excluding hydrogens is 176 g/mol. The van der Waals surface area contributed by atoms with E-state index in [1.54, 1.807) is 0 Å². The highest BCUT2D eigenvalue weighted by Gasteiger charge is 2.33. The Morgan fingerprint density at radius 1 is 1.46 bits per heavy atom. The maximum absolute atomic E-state index is 6.03. The Morgan fingerprint density at radius 2 is 1.92 bits per heavy atom. The fourth-order valence-electron chi connectivity index (χ4n) is 1.30. The van der Waals surface area contributed by atoms with Crippen LogP contribution in [0.2, 0.25) is 19.6 Å². The van der Waals surface area contributed by atoms with Crippen molar-refractivity contribution in [2.24, 2.45) is 5.92 Å². The molecule has 13 heavy (non-hydrogen) atoms. The van der Waals surface area contributed by atoms with Gasteiger partial charge in [-0.1, -0.05) is 19.8 Å². The van der Waals surface area contributed by atoms with Gasteiger partial charge in [-0.05, 0) is 38.9 Å². The minimum absolute atomic E-state index is 0.376. The van der Waals surface area contributed by atoms with Gasteiger partial charge in [0.2, 0.25) is 0 Å². The van der Waals surface area contributed by atoms with E-state index in [1.807, 2.05) is 6.92 Å². The normalized spacial score (nSPS) is 18.8. The largest absolute Gasteiger partial charge is 0.402 e. The molecule has 0 fully saturated rings. The molecule has 0 radical (unpaired) electrons. The Hall–Kier alpha value is -0.263. The summed E-state index contributed by atoms with van der Waals surface area (Å²) < 4.78 is 6.03. The van der Waals surface area contributed by atoms with Crippen molar-refractivity contribution in [3.63, 3.8) is 0 Å². The number of terminal acetylenes is 1. The van der Waals surface area contributed by atoms with Gasteiger partial charge < -0.3 is 4.43 Å². The maximum atomic E-state index is 6.03. The molecule has 2 unspecified atom stereocenters. The van der Waals surface area contributed by atoms with Gasteiger partial charge in [0.15, 0.2) is 8.32 Å².